The number of amides is 1. The van der Waals surface area contributed by atoms with Gasteiger partial charge in [0.05, 0.1) is 27.4 Å². The van der Waals surface area contributed by atoms with Crippen molar-refractivity contribution in [2.24, 2.45) is 11.1 Å². The third-order valence-electron chi connectivity index (χ3n) is 4.28. The van der Waals surface area contributed by atoms with Crippen molar-refractivity contribution < 1.29 is 13.2 Å². The topological polar surface area (TPSA) is 89.3 Å². The predicted molar refractivity (Wildman–Crippen MR) is 77.5 cm³/mol. The van der Waals surface area contributed by atoms with Crippen LogP contribution in [-0.2, 0) is 14.6 Å². The Hall–Kier alpha value is -0.690. The molecule has 1 atom stereocenters. The molecule has 1 unspecified atom stereocenters. The normalized spacial score (nSPS) is 32.1. The third kappa shape index (κ3) is 2.76. The summed E-state index contributed by atoms with van der Waals surface area (Å²) in [6, 6.07) is 0. The van der Waals surface area contributed by atoms with Gasteiger partial charge in [-0.05, 0) is 26.2 Å². The van der Waals surface area contributed by atoms with Crippen LogP contribution in [0.15, 0.2) is 0 Å². The number of hydrogen-bond donors (Lipinski definition) is 2. The summed E-state index contributed by atoms with van der Waals surface area (Å²) in [6.45, 7) is 1.78. The van der Waals surface area contributed by atoms with E-state index in [-0.39, 0.29) is 22.4 Å². The lowest BCUT2D eigenvalue weighted by Crippen LogP contribution is -2.55. The Morgan fingerprint density at radius 2 is 1.84 bits per heavy atom. The molecule has 1 saturated carbocycles. The van der Waals surface area contributed by atoms with Crippen molar-refractivity contribution in [3.63, 3.8) is 0 Å². The summed E-state index contributed by atoms with van der Waals surface area (Å²) in [5.41, 5.74) is 4.30. The molecule has 0 spiro atoms. The van der Waals surface area contributed by atoms with E-state index in [0.29, 0.717) is 19.3 Å². The molecule has 7 heteroatoms. The van der Waals surface area contributed by atoms with E-state index in [1.54, 1.807) is 6.92 Å². The zero-order chi connectivity index (χ0) is 14.3. The molecule has 1 amide bonds. The van der Waals surface area contributed by atoms with Crippen LogP contribution in [0, 0.1) is 5.41 Å². The van der Waals surface area contributed by atoms with Crippen molar-refractivity contribution in [2.45, 2.75) is 44.6 Å². The van der Waals surface area contributed by atoms with Crippen molar-refractivity contribution in [1.82, 2.24) is 5.32 Å². The molecule has 0 aromatic heterocycles. The van der Waals surface area contributed by atoms with Gasteiger partial charge in [0.15, 0.2) is 9.84 Å². The van der Waals surface area contributed by atoms with Gasteiger partial charge in [0, 0.05) is 0 Å². The van der Waals surface area contributed by atoms with Crippen molar-refractivity contribution in [2.75, 3.05) is 11.5 Å². The lowest BCUT2D eigenvalue weighted by Gasteiger charge is -2.32. The fourth-order valence-corrected chi connectivity index (χ4v) is 5.46. The minimum Gasteiger partial charge on any atom is -0.392 e. The number of hydrogen-bond acceptors (Lipinski definition) is 4. The summed E-state index contributed by atoms with van der Waals surface area (Å²) in [6.07, 6.45) is 3.64. The maximum Gasteiger partial charge on any atom is 0.233 e. The minimum atomic E-state index is -3.04. The molecule has 1 saturated heterocycles. The molecule has 2 fully saturated rings. The van der Waals surface area contributed by atoms with Gasteiger partial charge < -0.3 is 11.1 Å². The molecule has 1 aliphatic heterocycles. The Morgan fingerprint density at radius 1 is 1.26 bits per heavy atom. The second-order valence-electron chi connectivity index (χ2n) is 6.01. The molecule has 2 rings (SSSR count). The summed E-state index contributed by atoms with van der Waals surface area (Å²) >= 11 is 5.06. The Kier molecular flexibility index (Phi) is 3.64. The average Bonchev–Trinajstić information content (AvgIpc) is 2.84. The Morgan fingerprint density at radius 3 is 2.26 bits per heavy atom. The second kappa shape index (κ2) is 4.70. The first-order chi connectivity index (χ1) is 8.69. The maximum atomic E-state index is 12.5. The van der Waals surface area contributed by atoms with E-state index in [9.17, 15) is 13.2 Å². The molecule has 0 aromatic carbocycles. The molecule has 0 radical (unpaired) electrons. The van der Waals surface area contributed by atoms with E-state index in [4.69, 9.17) is 18.0 Å². The summed E-state index contributed by atoms with van der Waals surface area (Å²) in [4.78, 5) is 12.7. The molecule has 0 aromatic rings. The van der Waals surface area contributed by atoms with Crippen LogP contribution in [0.5, 0.6) is 0 Å². The first-order valence-electron chi connectivity index (χ1n) is 6.52. The molecule has 19 heavy (non-hydrogen) atoms. The molecule has 5 nitrogen and oxygen atoms in total. The molecule has 0 bridgehead atoms. The SMILES string of the molecule is CC1(NC(=O)C2(C(N)=S)CCCC2)CCS(=O)(=O)C1. The van der Waals surface area contributed by atoms with Crippen molar-refractivity contribution in [3.8, 4) is 0 Å². The van der Waals surface area contributed by atoms with Crippen LogP contribution in [0.1, 0.15) is 39.0 Å². The van der Waals surface area contributed by atoms with E-state index >= 15 is 0 Å². The summed E-state index contributed by atoms with van der Waals surface area (Å²) < 4.78 is 23.1. The van der Waals surface area contributed by atoms with Crippen LogP contribution in [-0.4, -0.2) is 36.4 Å². The largest absolute Gasteiger partial charge is 0.392 e. The highest BCUT2D eigenvalue weighted by atomic mass is 32.2. The lowest BCUT2D eigenvalue weighted by atomic mass is 9.84. The van der Waals surface area contributed by atoms with Crippen LogP contribution in [0.2, 0.25) is 0 Å². The van der Waals surface area contributed by atoms with Gasteiger partial charge in [-0.3, -0.25) is 4.79 Å². The number of carbonyl (C=O) groups excluding carboxylic acids is 1. The standard InChI is InChI=1S/C12H20N2O3S2/c1-11(6-7-19(16,17)8-11)14-10(15)12(9(13)18)4-2-3-5-12/h2-8H2,1H3,(H2,13,18)(H,14,15). The van der Waals surface area contributed by atoms with Gasteiger partial charge in [-0.1, -0.05) is 25.1 Å². The van der Waals surface area contributed by atoms with Crippen LogP contribution in [0.4, 0.5) is 0 Å². The van der Waals surface area contributed by atoms with Gasteiger partial charge in [-0.25, -0.2) is 8.42 Å². The monoisotopic (exact) mass is 304 g/mol. The van der Waals surface area contributed by atoms with Gasteiger partial charge in [0.1, 0.15) is 0 Å². The molecule has 3 N–H and O–H groups in total. The van der Waals surface area contributed by atoms with E-state index in [1.165, 1.54) is 0 Å². The summed E-state index contributed by atoms with van der Waals surface area (Å²) in [5, 5.41) is 2.89. The van der Waals surface area contributed by atoms with E-state index in [2.05, 4.69) is 5.32 Å². The summed E-state index contributed by atoms with van der Waals surface area (Å²) in [7, 11) is -3.04. The number of carbonyl (C=O) groups is 1. The van der Waals surface area contributed by atoms with Gasteiger partial charge in [0.25, 0.3) is 0 Å². The van der Waals surface area contributed by atoms with Gasteiger partial charge >= 0.3 is 0 Å². The molecule has 2 aliphatic rings. The van der Waals surface area contributed by atoms with E-state index in [1.807, 2.05) is 0 Å². The maximum absolute atomic E-state index is 12.5. The molecular formula is C12H20N2O3S2. The highest BCUT2D eigenvalue weighted by Gasteiger charge is 2.48. The van der Waals surface area contributed by atoms with Gasteiger partial charge in [-0.15, -0.1) is 0 Å². The molecule has 108 valence electrons. The summed E-state index contributed by atoms with van der Waals surface area (Å²) in [5.74, 6) is -0.0691. The molecule has 1 aliphatic carbocycles. The smallest absolute Gasteiger partial charge is 0.233 e. The fourth-order valence-electron chi connectivity index (χ4n) is 3.07. The van der Waals surface area contributed by atoms with Crippen LogP contribution < -0.4 is 11.1 Å². The van der Waals surface area contributed by atoms with Crippen LogP contribution >= 0.6 is 12.2 Å². The Bertz CT molecular complexity index is 509. The number of sulfone groups is 1. The van der Waals surface area contributed by atoms with E-state index in [0.717, 1.165) is 12.8 Å². The van der Waals surface area contributed by atoms with Gasteiger partial charge in [-0.2, -0.15) is 0 Å². The van der Waals surface area contributed by atoms with Crippen molar-refractivity contribution in [3.05, 3.63) is 0 Å². The zero-order valence-electron chi connectivity index (χ0n) is 11.1. The zero-order valence-corrected chi connectivity index (χ0v) is 12.7. The lowest BCUT2D eigenvalue weighted by molar-refractivity contribution is -0.128. The first kappa shape index (κ1) is 14.7. The highest BCUT2D eigenvalue weighted by Crippen LogP contribution is 2.39. The quantitative estimate of drug-likeness (QED) is 0.742. The molecular weight excluding hydrogens is 284 g/mol. The predicted octanol–water partition coefficient (Wildman–Crippen LogP) is 0.526. The number of nitrogens with one attached hydrogen (secondary N) is 1. The van der Waals surface area contributed by atoms with Crippen LogP contribution in [0.25, 0.3) is 0 Å². The van der Waals surface area contributed by atoms with Crippen molar-refractivity contribution >= 4 is 33.0 Å². The van der Waals surface area contributed by atoms with E-state index < -0.39 is 20.8 Å². The Balaban J connectivity index is 2.15. The van der Waals surface area contributed by atoms with Crippen molar-refractivity contribution in [1.29, 1.82) is 0 Å². The fraction of sp³-hybridized carbons (Fsp3) is 0.833. The molecule has 1 heterocycles. The minimum absolute atomic E-state index is 0.000840. The van der Waals surface area contributed by atoms with Gasteiger partial charge in [0.2, 0.25) is 5.91 Å². The van der Waals surface area contributed by atoms with Crippen LogP contribution in [0.3, 0.4) is 0 Å². The average molecular weight is 304 g/mol. The number of rotatable bonds is 3. The third-order valence-corrected chi connectivity index (χ3v) is 6.58. The second-order valence-corrected chi connectivity index (χ2v) is 8.63. The highest BCUT2D eigenvalue weighted by molar-refractivity contribution is 7.91. The Labute approximate surface area is 119 Å². The first-order valence-corrected chi connectivity index (χ1v) is 8.75. The number of nitrogens with two attached hydrogens (primary N) is 1. The number of thiocarbonyl (C=S) groups is 1.